The summed E-state index contributed by atoms with van der Waals surface area (Å²) in [6, 6.07) is 9.05. The number of nitrogens with zero attached hydrogens (tertiary/aromatic N) is 2. The molecular weight excluding hydrogens is 382 g/mol. The van der Waals surface area contributed by atoms with Gasteiger partial charge in [-0.1, -0.05) is 12.1 Å². The van der Waals surface area contributed by atoms with E-state index in [1.807, 2.05) is 31.3 Å². The van der Waals surface area contributed by atoms with E-state index in [9.17, 15) is 14.7 Å². The van der Waals surface area contributed by atoms with E-state index < -0.39 is 17.4 Å². The summed E-state index contributed by atoms with van der Waals surface area (Å²) in [5.41, 5.74) is 14.2. The smallest absolute Gasteiger partial charge is 0.252 e. The van der Waals surface area contributed by atoms with Gasteiger partial charge in [0.1, 0.15) is 0 Å². The van der Waals surface area contributed by atoms with Crippen LogP contribution in [0.25, 0.3) is 16.6 Å². The summed E-state index contributed by atoms with van der Waals surface area (Å²) < 4.78 is 1.70. The monoisotopic (exact) mass is 407 g/mol. The van der Waals surface area contributed by atoms with Crippen molar-refractivity contribution in [1.29, 1.82) is 0 Å². The second kappa shape index (κ2) is 7.46. The number of hydrogen-bond acceptors (Lipinski definition) is 5. The fraction of sp³-hybridized carbons (Fsp3) is 0.318. The Balaban J connectivity index is 1.71. The lowest BCUT2D eigenvalue weighted by Crippen LogP contribution is -2.36. The standard InChI is InChI=1S/C22H25N5O3/c1-22(30)8-6-16(7-9-22)26-19-17(21(24)29)11-25-27-12-15(10-18(19)27)13-2-4-14(5-3-13)20(23)28/h2-5,10-12,16,26,30H,6-9H2,1H3,(H2,23,28)(H2,24,29). The van der Waals surface area contributed by atoms with Gasteiger partial charge in [0.05, 0.1) is 28.6 Å². The number of nitrogens with two attached hydrogens (primary N) is 2. The lowest BCUT2D eigenvalue weighted by Gasteiger charge is -2.34. The van der Waals surface area contributed by atoms with Crippen molar-refractivity contribution in [3.63, 3.8) is 0 Å². The minimum absolute atomic E-state index is 0.128. The first kappa shape index (κ1) is 19.9. The van der Waals surface area contributed by atoms with Gasteiger partial charge in [0.2, 0.25) is 5.91 Å². The van der Waals surface area contributed by atoms with Gasteiger partial charge in [0, 0.05) is 23.4 Å². The predicted molar refractivity (Wildman–Crippen MR) is 114 cm³/mol. The number of amides is 2. The van der Waals surface area contributed by atoms with Crippen LogP contribution in [-0.4, -0.2) is 38.2 Å². The Bertz CT molecular complexity index is 1110. The van der Waals surface area contributed by atoms with E-state index in [1.165, 1.54) is 6.20 Å². The molecule has 1 saturated carbocycles. The maximum absolute atomic E-state index is 12.0. The van der Waals surface area contributed by atoms with Crippen molar-refractivity contribution in [2.24, 2.45) is 11.5 Å². The maximum atomic E-state index is 12.0. The van der Waals surface area contributed by atoms with E-state index in [4.69, 9.17) is 11.5 Å². The molecule has 2 aromatic heterocycles. The highest BCUT2D eigenvalue weighted by molar-refractivity contribution is 6.02. The Morgan fingerprint density at radius 3 is 2.40 bits per heavy atom. The first-order valence-electron chi connectivity index (χ1n) is 9.94. The van der Waals surface area contributed by atoms with Crippen LogP contribution >= 0.6 is 0 Å². The van der Waals surface area contributed by atoms with Gasteiger partial charge in [-0.3, -0.25) is 9.59 Å². The number of carbonyl (C=O) groups excluding carboxylic acids is 2. The van der Waals surface area contributed by atoms with Crippen molar-refractivity contribution in [2.45, 2.75) is 44.2 Å². The summed E-state index contributed by atoms with van der Waals surface area (Å²) in [6.45, 7) is 1.85. The van der Waals surface area contributed by atoms with Gasteiger partial charge < -0.3 is 21.9 Å². The third kappa shape index (κ3) is 3.86. The summed E-state index contributed by atoms with van der Waals surface area (Å²) in [5.74, 6) is -1.03. The average molecular weight is 407 g/mol. The van der Waals surface area contributed by atoms with Gasteiger partial charge in [-0.05, 0) is 56.4 Å². The summed E-state index contributed by atoms with van der Waals surface area (Å²) >= 11 is 0. The average Bonchev–Trinajstić information content (AvgIpc) is 3.14. The SMILES string of the molecule is CC1(O)CCC(Nc2c(C(N)=O)cnn3cc(-c4ccc(C(N)=O)cc4)cc23)CC1. The Morgan fingerprint density at radius 2 is 1.80 bits per heavy atom. The van der Waals surface area contributed by atoms with Crippen molar-refractivity contribution in [3.8, 4) is 11.1 Å². The van der Waals surface area contributed by atoms with Gasteiger partial charge in [0.15, 0.2) is 0 Å². The van der Waals surface area contributed by atoms with E-state index in [0.29, 0.717) is 29.7 Å². The zero-order valence-electron chi connectivity index (χ0n) is 16.8. The molecule has 4 rings (SSSR count). The number of rotatable bonds is 5. The number of hydrogen-bond donors (Lipinski definition) is 4. The van der Waals surface area contributed by atoms with E-state index in [0.717, 1.165) is 29.5 Å². The molecule has 2 amide bonds. The van der Waals surface area contributed by atoms with Gasteiger partial charge in [0.25, 0.3) is 5.91 Å². The molecule has 0 unspecified atom stereocenters. The van der Waals surface area contributed by atoms with E-state index >= 15 is 0 Å². The number of carbonyl (C=O) groups is 2. The largest absolute Gasteiger partial charge is 0.390 e. The van der Waals surface area contributed by atoms with Crippen LogP contribution in [-0.2, 0) is 0 Å². The highest BCUT2D eigenvalue weighted by atomic mass is 16.3. The number of nitrogens with one attached hydrogen (secondary N) is 1. The van der Waals surface area contributed by atoms with Crippen molar-refractivity contribution in [1.82, 2.24) is 9.61 Å². The fourth-order valence-corrected chi connectivity index (χ4v) is 3.97. The molecule has 30 heavy (non-hydrogen) atoms. The third-order valence-corrected chi connectivity index (χ3v) is 5.82. The maximum Gasteiger partial charge on any atom is 0.252 e. The number of anilines is 1. The molecule has 1 fully saturated rings. The van der Waals surface area contributed by atoms with Crippen LogP contribution in [0.2, 0.25) is 0 Å². The molecular formula is C22H25N5O3. The lowest BCUT2D eigenvalue weighted by atomic mass is 9.83. The zero-order chi connectivity index (χ0) is 21.5. The summed E-state index contributed by atoms with van der Waals surface area (Å²) in [4.78, 5) is 23.3. The molecule has 0 radical (unpaired) electrons. The molecule has 1 aliphatic rings. The predicted octanol–water partition coefficient (Wildman–Crippen LogP) is 2.30. The van der Waals surface area contributed by atoms with Gasteiger partial charge in [-0.2, -0.15) is 5.10 Å². The minimum Gasteiger partial charge on any atom is -0.390 e. The summed E-state index contributed by atoms with van der Waals surface area (Å²) in [7, 11) is 0. The van der Waals surface area contributed by atoms with Crippen molar-refractivity contribution < 1.29 is 14.7 Å². The topological polar surface area (TPSA) is 136 Å². The molecule has 0 bridgehead atoms. The Hall–Kier alpha value is -3.39. The van der Waals surface area contributed by atoms with Crippen LogP contribution < -0.4 is 16.8 Å². The molecule has 2 heterocycles. The van der Waals surface area contributed by atoms with Crippen LogP contribution in [0.1, 0.15) is 53.3 Å². The highest BCUT2D eigenvalue weighted by Crippen LogP contribution is 2.33. The fourth-order valence-electron chi connectivity index (χ4n) is 3.97. The molecule has 0 atom stereocenters. The molecule has 1 aromatic carbocycles. The zero-order valence-corrected chi connectivity index (χ0v) is 16.8. The van der Waals surface area contributed by atoms with Gasteiger partial charge in [-0.25, -0.2) is 4.52 Å². The quantitative estimate of drug-likeness (QED) is 0.514. The first-order chi connectivity index (χ1) is 14.2. The molecule has 8 nitrogen and oxygen atoms in total. The van der Waals surface area contributed by atoms with Crippen LogP contribution in [0.5, 0.6) is 0 Å². The molecule has 6 N–H and O–H groups in total. The third-order valence-electron chi connectivity index (χ3n) is 5.82. The Labute approximate surface area is 173 Å². The van der Waals surface area contributed by atoms with Gasteiger partial charge in [-0.15, -0.1) is 0 Å². The number of fused-ring (bicyclic) bond motifs is 1. The number of aliphatic hydroxyl groups is 1. The van der Waals surface area contributed by atoms with E-state index in [2.05, 4.69) is 10.4 Å². The molecule has 156 valence electrons. The summed E-state index contributed by atoms with van der Waals surface area (Å²) in [6.07, 6.45) is 6.29. The van der Waals surface area contributed by atoms with Crippen molar-refractivity contribution in [2.75, 3.05) is 5.32 Å². The number of benzene rings is 1. The second-order valence-corrected chi connectivity index (χ2v) is 8.21. The van der Waals surface area contributed by atoms with Crippen LogP contribution in [0, 0.1) is 0 Å². The first-order valence-corrected chi connectivity index (χ1v) is 9.94. The minimum atomic E-state index is -0.641. The van der Waals surface area contributed by atoms with Crippen LogP contribution in [0.3, 0.4) is 0 Å². The Morgan fingerprint density at radius 1 is 1.13 bits per heavy atom. The number of primary amides is 2. The molecule has 1 aliphatic carbocycles. The molecule has 0 aliphatic heterocycles. The van der Waals surface area contributed by atoms with Crippen molar-refractivity contribution >= 4 is 23.0 Å². The molecule has 8 heteroatoms. The summed E-state index contributed by atoms with van der Waals surface area (Å²) in [5, 5.41) is 18.0. The highest BCUT2D eigenvalue weighted by Gasteiger charge is 2.29. The van der Waals surface area contributed by atoms with E-state index in [-0.39, 0.29) is 6.04 Å². The lowest BCUT2D eigenvalue weighted by molar-refractivity contribution is 0.0196. The Kier molecular flexibility index (Phi) is 4.95. The number of aromatic nitrogens is 2. The normalized spacial score (nSPS) is 21.5. The molecule has 0 saturated heterocycles. The van der Waals surface area contributed by atoms with Crippen LogP contribution in [0.4, 0.5) is 5.69 Å². The van der Waals surface area contributed by atoms with E-state index in [1.54, 1.807) is 16.6 Å². The molecule has 0 spiro atoms. The van der Waals surface area contributed by atoms with Gasteiger partial charge >= 0.3 is 0 Å². The van der Waals surface area contributed by atoms with Crippen molar-refractivity contribution in [3.05, 3.63) is 53.9 Å². The van der Waals surface area contributed by atoms with Crippen LogP contribution in [0.15, 0.2) is 42.7 Å². The molecule has 3 aromatic rings. The second-order valence-electron chi connectivity index (χ2n) is 8.21.